The van der Waals surface area contributed by atoms with E-state index in [1.807, 2.05) is 0 Å². The molecular formula is C23H18F5NO2S. The van der Waals surface area contributed by atoms with E-state index in [0.717, 1.165) is 24.3 Å². The molecule has 0 aliphatic carbocycles. The quantitative estimate of drug-likeness (QED) is 0.441. The van der Waals surface area contributed by atoms with Gasteiger partial charge in [0.2, 0.25) is 0 Å². The van der Waals surface area contributed by atoms with Crippen molar-refractivity contribution in [2.24, 2.45) is 0 Å². The van der Waals surface area contributed by atoms with Gasteiger partial charge in [-0.1, -0.05) is 66.2 Å². The highest BCUT2D eigenvalue weighted by Crippen LogP contribution is 2.57. The van der Waals surface area contributed by atoms with Crippen LogP contribution in [0.15, 0.2) is 83.8 Å². The Morgan fingerprint density at radius 3 is 1.94 bits per heavy atom. The summed E-state index contributed by atoms with van der Waals surface area (Å²) in [7, 11) is -4.75. The SMILES string of the molecule is Cc1ccc(S(=O)(=O)N2c3ccccc3[C@@H](C(F)(F)F)[C@@H]2C(F)(F)c2ccccc2)cc1. The predicted molar refractivity (Wildman–Crippen MR) is 110 cm³/mol. The Hall–Kier alpha value is -2.94. The van der Waals surface area contributed by atoms with E-state index in [9.17, 15) is 21.6 Å². The Kier molecular flexibility index (Phi) is 5.27. The van der Waals surface area contributed by atoms with Crippen LogP contribution < -0.4 is 4.31 Å². The number of rotatable bonds is 4. The average molecular weight is 467 g/mol. The molecule has 1 aliphatic rings. The van der Waals surface area contributed by atoms with Gasteiger partial charge in [-0.25, -0.2) is 8.42 Å². The first-order valence-electron chi connectivity index (χ1n) is 9.66. The summed E-state index contributed by atoms with van der Waals surface area (Å²) in [6, 6.07) is 13.3. The van der Waals surface area contributed by atoms with Crippen molar-refractivity contribution in [3.63, 3.8) is 0 Å². The average Bonchev–Trinajstić information content (AvgIpc) is 3.12. The molecule has 3 aromatic carbocycles. The summed E-state index contributed by atoms with van der Waals surface area (Å²) in [5.74, 6) is -6.85. The number of nitrogens with zero attached hydrogens (tertiary/aromatic N) is 1. The highest BCUT2D eigenvalue weighted by Gasteiger charge is 2.64. The molecule has 0 spiro atoms. The minimum Gasteiger partial charge on any atom is -0.256 e. The first kappa shape index (κ1) is 22.3. The molecule has 2 atom stereocenters. The molecule has 168 valence electrons. The number of anilines is 1. The van der Waals surface area contributed by atoms with E-state index in [2.05, 4.69) is 0 Å². The van der Waals surface area contributed by atoms with Crippen molar-refractivity contribution >= 4 is 15.7 Å². The molecule has 1 heterocycles. The highest BCUT2D eigenvalue weighted by atomic mass is 32.2. The molecule has 0 unspecified atom stereocenters. The fourth-order valence-electron chi connectivity index (χ4n) is 4.05. The van der Waals surface area contributed by atoms with E-state index < -0.39 is 50.9 Å². The number of aryl methyl sites for hydroxylation is 1. The topological polar surface area (TPSA) is 37.4 Å². The van der Waals surface area contributed by atoms with Gasteiger partial charge in [-0.15, -0.1) is 0 Å². The maximum Gasteiger partial charge on any atom is 0.398 e. The molecule has 0 amide bonds. The van der Waals surface area contributed by atoms with E-state index in [-0.39, 0.29) is 9.20 Å². The fraction of sp³-hybridized carbons (Fsp3) is 0.217. The summed E-state index contributed by atoms with van der Waals surface area (Å²) in [5, 5.41) is 0. The number of alkyl halides is 5. The maximum atomic E-state index is 15.8. The minimum atomic E-state index is -5.11. The largest absolute Gasteiger partial charge is 0.398 e. The Morgan fingerprint density at radius 2 is 1.34 bits per heavy atom. The molecule has 32 heavy (non-hydrogen) atoms. The van der Waals surface area contributed by atoms with Crippen molar-refractivity contribution < 1.29 is 30.4 Å². The number of fused-ring (bicyclic) bond motifs is 1. The monoisotopic (exact) mass is 467 g/mol. The molecule has 3 nitrogen and oxygen atoms in total. The number of halogens is 5. The second-order valence-corrected chi connectivity index (χ2v) is 9.44. The lowest BCUT2D eigenvalue weighted by Crippen LogP contribution is -2.51. The predicted octanol–water partition coefficient (Wildman–Crippen LogP) is 6.01. The zero-order valence-corrected chi connectivity index (χ0v) is 17.5. The first-order valence-corrected chi connectivity index (χ1v) is 11.1. The van der Waals surface area contributed by atoms with E-state index in [0.29, 0.717) is 5.56 Å². The van der Waals surface area contributed by atoms with Gasteiger partial charge in [0.25, 0.3) is 15.9 Å². The molecule has 4 rings (SSSR count). The maximum absolute atomic E-state index is 15.8. The van der Waals surface area contributed by atoms with Crippen LogP contribution in [0.25, 0.3) is 0 Å². The van der Waals surface area contributed by atoms with E-state index in [1.165, 1.54) is 54.6 Å². The van der Waals surface area contributed by atoms with Gasteiger partial charge < -0.3 is 0 Å². The molecule has 0 radical (unpaired) electrons. The van der Waals surface area contributed by atoms with Gasteiger partial charge >= 0.3 is 6.18 Å². The van der Waals surface area contributed by atoms with E-state index >= 15 is 8.78 Å². The second kappa shape index (κ2) is 7.58. The molecule has 9 heteroatoms. The van der Waals surface area contributed by atoms with Crippen LogP contribution >= 0.6 is 0 Å². The fourth-order valence-corrected chi connectivity index (χ4v) is 5.74. The van der Waals surface area contributed by atoms with Gasteiger partial charge in [-0.05, 0) is 30.7 Å². The zero-order valence-electron chi connectivity index (χ0n) is 16.7. The summed E-state index contributed by atoms with van der Waals surface area (Å²) in [5.41, 5.74) is -0.895. The molecule has 0 aromatic heterocycles. The van der Waals surface area contributed by atoms with Crippen molar-refractivity contribution in [3.8, 4) is 0 Å². The Balaban J connectivity index is 2.00. The first-order chi connectivity index (χ1) is 15.0. The van der Waals surface area contributed by atoms with Crippen molar-refractivity contribution in [1.29, 1.82) is 0 Å². The van der Waals surface area contributed by atoms with Crippen LogP contribution in [0.4, 0.5) is 27.6 Å². The number of benzene rings is 3. The molecule has 0 N–H and O–H groups in total. The van der Waals surface area contributed by atoms with Gasteiger partial charge in [0.15, 0.2) is 0 Å². The minimum absolute atomic E-state index is 0.248. The highest BCUT2D eigenvalue weighted by molar-refractivity contribution is 7.92. The molecule has 0 saturated heterocycles. The third-order valence-electron chi connectivity index (χ3n) is 5.54. The summed E-state index contributed by atoms with van der Waals surface area (Å²) >= 11 is 0. The van der Waals surface area contributed by atoms with Gasteiger partial charge in [0, 0.05) is 5.56 Å². The molecule has 0 saturated carbocycles. The van der Waals surface area contributed by atoms with Crippen LogP contribution in [0.2, 0.25) is 0 Å². The summed E-state index contributed by atoms with van der Waals surface area (Å²) in [6.45, 7) is 1.70. The lowest BCUT2D eigenvalue weighted by molar-refractivity contribution is -0.173. The Morgan fingerprint density at radius 1 is 0.781 bits per heavy atom. The molecule has 0 bridgehead atoms. The summed E-state index contributed by atoms with van der Waals surface area (Å²) in [4.78, 5) is -0.366. The molecule has 1 aliphatic heterocycles. The van der Waals surface area contributed by atoms with Crippen molar-refractivity contribution in [3.05, 3.63) is 95.6 Å². The number of para-hydroxylation sites is 1. The van der Waals surface area contributed by atoms with Crippen LogP contribution in [0.5, 0.6) is 0 Å². The van der Waals surface area contributed by atoms with Gasteiger partial charge in [-0.2, -0.15) is 22.0 Å². The van der Waals surface area contributed by atoms with Crippen LogP contribution in [-0.4, -0.2) is 20.6 Å². The van der Waals surface area contributed by atoms with Crippen LogP contribution in [0, 0.1) is 6.92 Å². The van der Waals surface area contributed by atoms with Crippen LogP contribution in [-0.2, 0) is 15.9 Å². The van der Waals surface area contributed by atoms with Gasteiger partial charge in [0.05, 0.1) is 10.6 Å². The standard InChI is InChI=1S/C23H18F5NO2S/c1-15-11-13-17(14-12-15)32(30,31)29-19-10-6-5-9-18(19)20(23(26,27)28)21(29)22(24,25)16-7-3-2-4-8-16/h2-14,20-21H,1H3/t20-,21-/m1/s1. The Labute approximate surface area is 182 Å². The zero-order chi connectivity index (χ0) is 23.3. The molecular weight excluding hydrogens is 449 g/mol. The van der Waals surface area contributed by atoms with Crippen molar-refractivity contribution in [2.45, 2.75) is 35.9 Å². The normalized spacial score (nSPS) is 19.1. The number of hydrogen-bond donors (Lipinski definition) is 0. The van der Waals surface area contributed by atoms with Crippen molar-refractivity contribution in [2.75, 3.05) is 4.31 Å². The number of hydrogen-bond acceptors (Lipinski definition) is 2. The second-order valence-electron chi connectivity index (χ2n) is 7.63. The van der Waals surface area contributed by atoms with Crippen molar-refractivity contribution in [1.82, 2.24) is 0 Å². The smallest absolute Gasteiger partial charge is 0.256 e. The van der Waals surface area contributed by atoms with Crippen LogP contribution in [0.3, 0.4) is 0 Å². The lowest BCUT2D eigenvalue weighted by atomic mass is 9.87. The third-order valence-corrected chi connectivity index (χ3v) is 7.35. The van der Waals surface area contributed by atoms with Gasteiger partial charge in [-0.3, -0.25) is 4.31 Å². The summed E-state index contributed by atoms with van der Waals surface area (Å²) in [6.07, 6.45) is -5.11. The molecule has 3 aromatic rings. The van der Waals surface area contributed by atoms with E-state index in [4.69, 9.17) is 0 Å². The number of sulfonamides is 1. The third kappa shape index (κ3) is 3.54. The van der Waals surface area contributed by atoms with Crippen LogP contribution in [0.1, 0.15) is 22.6 Å². The molecule has 0 fully saturated rings. The van der Waals surface area contributed by atoms with E-state index in [1.54, 1.807) is 6.92 Å². The summed E-state index contributed by atoms with van der Waals surface area (Å²) < 4.78 is 101. The van der Waals surface area contributed by atoms with Gasteiger partial charge in [0.1, 0.15) is 12.0 Å². The Bertz CT molecular complexity index is 1230. The lowest BCUT2D eigenvalue weighted by Gasteiger charge is -2.36.